The number of methoxy groups -OCH3 is 2. The molecule has 1 amide bonds. The molecule has 2 aromatic heterocycles. The second kappa shape index (κ2) is 9.76. The lowest BCUT2D eigenvalue weighted by Crippen LogP contribution is -2.25. The Morgan fingerprint density at radius 3 is 2.63 bits per heavy atom. The molecule has 35 heavy (non-hydrogen) atoms. The highest BCUT2D eigenvalue weighted by Gasteiger charge is 2.24. The van der Waals surface area contributed by atoms with Crippen LogP contribution >= 0.6 is 11.6 Å². The van der Waals surface area contributed by atoms with Crippen molar-refractivity contribution in [1.29, 1.82) is 0 Å². The maximum Gasteiger partial charge on any atom is 0.231 e. The molecule has 1 N–H and O–H groups in total. The van der Waals surface area contributed by atoms with Gasteiger partial charge < -0.3 is 28.7 Å². The average Bonchev–Trinajstić information content (AvgIpc) is 3.52. The minimum absolute atomic E-state index is 0.119. The van der Waals surface area contributed by atoms with Crippen LogP contribution in [0.25, 0.3) is 5.65 Å². The highest BCUT2D eigenvalue weighted by atomic mass is 35.5. The van der Waals surface area contributed by atoms with E-state index in [1.165, 1.54) is 0 Å². The van der Waals surface area contributed by atoms with Gasteiger partial charge in [0.15, 0.2) is 11.5 Å². The second-order valence-corrected chi connectivity index (χ2v) is 8.56. The van der Waals surface area contributed by atoms with Gasteiger partial charge in [-0.15, -0.1) is 0 Å². The van der Waals surface area contributed by atoms with Gasteiger partial charge in [0.1, 0.15) is 17.1 Å². The third-order valence-corrected chi connectivity index (χ3v) is 6.17. The lowest BCUT2D eigenvalue weighted by atomic mass is 9.91. The van der Waals surface area contributed by atoms with E-state index in [0.717, 1.165) is 22.5 Å². The van der Waals surface area contributed by atoms with Crippen molar-refractivity contribution >= 4 is 23.2 Å². The fraction of sp³-hybridized carbons (Fsp3) is 0.231. The predicted molar refractivity (Wildman–Crippen MR) is 131 cm³/mol. The Morgan fingerprint density at radius 2 is 1.86 bits per heavy atom. The number of imidazole rings is 1. The molecule has 0 aliphatic carbocycles. The smallest absolute Gasteiger partial charge is 0.231 e. The minimum Gasteiger partial charge on any atom is -0.497 e. The molecule has 8 nitrogen and oxygen atoms in total. The van der Waals surface area contributed by atoms with Crippen LogP contribution in [0.2, 0.25) is 5.02 Å². The second-order valence-electron chi connectivity index (χ2n) is 8.13. The first-order valence-electron chi connectivity index (χ1n) is 11.0. The number of ether oxygens (including phenoxy) is 4. The number of pyridine rings is 1. The molecule has 0 spiro atoms. The molecule has 2 aromatic carbocycles. The molecule has 0 saturated carbocycles. The highest BCUT2D eigenvalue weighted by molar-refractivity contribution is 6.30. The molecule has 4 aromatic rings. The number of carbonyl (C=O) groups is 1. The van der Waals surface area contributed by atoms with Crippen molar-refractivity contribution in [3.05, 3.63) is 82.8 Å². The Kier molecular flexibility index (Phi) is 6.37. The van der Waals surface area contributed by atoms with Gasteiger partial charge in [-0.25, -0.2) is 4.98 Å². The minimum atomic E-state index is -0.329. The van der Waals surface area contributed by atoms with Gasteiger partial charge in [-0.3, -0.25) is 4.79 Å². The Labute approximate surface area is 207 Å². The van der Waals surface area contributed by atoms with Crippen LogP contribution in [0.5, 0.6) is 23.0 Å². The maximum absolute atomic E-state index is 13.2. The Morgan fingerprint density at radius 1 is 1.09 bits per heavy atom. The number of rotatable bonds is 8. The Bertz CT molecular complexity index is 1360. The topological polar surface area (TPSA) is 83.3 Å². The molecule has 1 atom stereocenters. The van der Waals surface area contributed by atoms with Crippen LogP contribution in [0.3, 0.4) is 0 Å². The van der Waals surface area contributed by atoms with Crippen molar-refractivity contribution in [1.82, 2.24) is 14.7 Å². The van der Waals surface area contributed by atoms with Crippen LogP contribution in [0.1, 0.15) is 29.2 Å². The summed E-state index contributed by atoms with van der Waals surface area (Å²) in [6.45, 7) is 0.572. The molecule has 1 aliphatic heterocycles. The van der Waals surface area contributed by atoms with Crippen LogP contribution in [-0.4, -0.2) is 36.3 Å². The first-order chi connectivity index (χ1) is 17.0. The molecule has 180 valence electrons. The summed E-state index contributed by atoms with van der Waals surface area (Å²) in [5.74, 6) is 2.21. The molecule has 5 rings (SSSR count). The van der Waals surface area contributed by atoms with Gasteiger partial charge >= 0.3 is 0 Å². The first kappa shape index (κ1) is 22.9. The van der Waals surface area contributed by atoms with Crippen molar-refractivity contribution in [3.8, 4) is 23.0 Å². The number of benzene rings is 2. The van der Waals surface area contributed by atoms with Crippen molar-refractivity contribution in [3.63, 3.8) is 0 Å². The monoisotopic (exact) mass is 493 g/mol. The number of nitrogens with one attached hydrogen (secondary N) is 1. The van der Waals surface area contributed by atoms with Crippen molar-refractivity contribution in [2.75, 3.05) is 21.0 Å². The summed E-state index contributed by atoms with van der Waals surface area (Å²) < 4.78 is 23.6. The molecular formula is C26H24ClN3O5. The first-order valence-corrected chi connectivity index (χ1v) is 11.4. The highest BCUT2D eigenvalue weighted by Crippen LogP contribution is 2.35. The van der Waals surface area contributed by atoms with Crippen LogP contribution in [0.4, 0.5) is 0 Å². The van der Waals surface area contributed by atoms with E-state index in [-0.39, 0.29) is 25.0 Å². The van der Waals surface area contributed by atoms with Gasteiger partial charge in [0, 0.05) is 37.3 Å². The van der Waals surface area contributed by atoms with E-state index < -0.39 is 0 Å². The lowest BCUT2D eigenvalue weighted by Gasteiger charge is -2.19. The number of hydrogen-bond acceptors (Lipinski definition) is 6. The third-order valence-electron chi connectivity index (χ3n) is 5.95. The molecule has 3 heterocycles. The summed E-state index contributed by atoms with van der Waals surface area (Å²) in [5, 5.41) is 3.59. The van der Waals surface area contributed by atoms with Crippen LogP contribution in [0.15, 0.2) is 60.9 Å². The van der Waals surface area contributed by atoms with E-state index in [1.54, 1.807) is 38.7 Å². The number of carbonyl (C=O) groups excluding carboxylic acids is 1. The molecule has 0 saturated heterocycles. The number of hydrogen-bond donors (Lipinski definition) is 1. The Balaban J connectivity index is 1.44. The zero-order chi connectivity index (χ0) is 24.4. The van der Waals surface area contributed by atoms with E-state index in [0.29, 0.717) is 34.6 Å². The van der Waals surface area contributed by atoms with Crippen molar-refractivity contribution < 1.29 is 23.7 Å². The summed E-state index contributed by atoms with van der Waals surface area (Å²) in [5.41, 5.74) is 3.35. The normalized spacial score (nSPS) is 13.0. The largest absolute Gasteiger partial charge is 0.497 e. The number of halogens is 1. The van der Waals surface area contributed by atoms with Crippen LogP contribution < -0.4 is 24.3 Å². The summed E-state index contributed by atoms with van der Waals surface area (Å²) in [4.78, 5) is 17.7. The fourth-order valence-corrected chi connectivity index (χ4v) is 4.32. The molecule has 0 fully saturated rings. The maximum atomic E-state index is 13.2. The quantitative estimate of drug-likeness (QED) is 0.387. The van der Waals surface area contributed by atoms with Crippen LogP contribution in [-0.2, 0) is 11.3 Å². The lowest BCUT2D eigenvalue weighted by molar-refractivity contribution is -0.121. The SMILES string of the molecule is COc1cc(OC)cc(C(CC(=O)NCc2ccc3c(c2)OCO3)c2cnc3ccc(Cl)cn23)c1. The number of fused-ring (bicyclic) bond motifs is 2. The summed E-state index contributed by atoms with van der Waals surface area (Å²) in [6.07, 6.45) is 3.75. The van der Waals surface area contributed by atoms with Crippen molar-refractivity contribution in [2.45, 2.75) is 18.9 Å². The van der Waals surface area contributed by atoms with E-state index in [2.05, 4.69) is 10.3 Å². The number of aromatic nitrogens is 2. The molecule has 1 unspecified atom stereocenters. The molecular weight excluding hydrogens is 470 g/mol. The standard InChI is InChI=1S/C26H24ClN3O5/c1-32-19-8-17(9-20(10-19)33-2)21(22-13-28-25-6-4-18(27)14-30(22)25)11-26(31)29-12-16-3-5-23-24(7-16)35-15-34-23/h3-10,13-14,21H,11-12,15H2,1-2H3,(H,29,31). The summed E-state index contributed by atoms with van der Waals surface area (Å²) in [7, 11) is 3.19. The van der Waals surface area contributed by atoms with Gasteiger partial charge in [0.05, 0.1) is 24.9 Å². The summed E-state index contributed by atoms with van der Waals surface area (Å²) in [6, 6.07) is 14.9. The van der Waals surface area contributed by atoms with E-state index in [9.17, 15) is 4.79 Å². The Hall–Kier alpha value is -3.91. The zero-order valence-corrected chi connectivity index (χ0v) is 20.0. The van der Waals surface area contributed by atoms with E-state index in [1.807, 2.05) is 40.8 Å². The van der Waals surface area contributed by atoms with Crippen molar-refractivity contribution in [2.24, 2.45) is 0 Å². The van der Waals surface area contributed by atoms with Gasteiger partial charge in [0.2, 0.25) is 12.7 Å². The number of amides is 1. The van der Waals surface area contributed by atoms with E-state index >= 15 is 0 Å². The molecule has 9 heteroatoms. The van der Waals surface area contributed by atoms with Gasteiger partial charge in [-0.2, -0.15) is 0 Å². The van der Waals surface area contributed by atoms with Gasteiger partial charge in [-0.05, 0) is 47.5 Å². The fourth-order valence-electron chi connectivity index (χ4n) is 4.16. The van der Waals surface area contributed by atoms with E-state index in [4.69, 9.17) is 30.5 Å². The molecule has 0 radical (unpaired) electrons. The molecule has 1 aliphatic rings. The molecule has 0 bridgehead atoms. The number of nitrogens with zero attached hydrogens (tertiary/aromatic N) is 2. The van der Waals surface area contributed by atoms with Crippen LogP contribution in [0, 0.1) is 0 Å². The van der Waals surface area contributed by atoms with Gasteiger partial charge in [-0.1, -0.05) is 17.7 Å². The van der Waals surface area contributed by atoms with Gasteiger partial charge in [0.25, 0.3) is 0 Å². The predicted octanol–water partition coefficient (Wildman–Crippen LogP) is 4.57. The average molecular weight is 494 g/mol. The zero-order valence-electron chi connectivity index (χ0n) is 19.3. The summed E-state index contributed by atoms with van der Waals surface area (Å²) >= 11 is 6.27. The third kappa shape index (κ3) is 4.83.